The van der Waals surface area contributed by atoms with Crippen LogP contribution in [0.5, 0.6) is 0 Å². The van der Waals surface area contributed by atoms with E-state index in [0.29, 0.717) is 22.7 Å². The second-order valence-electron chi connectivity index (χ2n) is 5.71. The number of aromatic nitrogens is 3. The van der Waals surface area contributed by atoms with Gasteiger partial charge in [-0.25, -0.2) is 4.98 Å². The highest BCUT2D eigenvalue weighted by Gasteiger charge is 2.18. The molecule has 0 aliphatic carbocycles. The number of nitrogens with zero attached hydrogens (tertiary/aromatic N) is 3. The fraction of sp³-hybridized carbons (Fsp3) is 0.176. The first-order valence-corrected chi connectivity index (χ1v) is 7.63. The number of carbonyl (C=O) groups is 2. The van der Waals surface area contributed by atoms with Crippen molar-refractivity contribution in [1.29, 1.82) is 0 Å². The zero-order chi connectivity index (χ0) is 18.1. The van der Waals surface area contributed by atoms with E-state index in [1.807, 2.05) is 13.0 Å². The molecule has 0 saturated carbocycles. The molecule has 2 heterocycles. The van der Waals surface area contributed by atoms with Gasteiger partial charge in [-0.05, 0) is 25.1 Å². The van der Waals surface area contributed by atoms with Crippen molar-refractivity contribution in [3.05, 3.63) is 41.7 Å². The van der Waals surface area contributed by atoms with Crippen molar-refractivity contribution in [2.24, 2.45) is 12.8 Å². The number of amides is 2. The molecule has 0 unspecified atom stereocenters. The summed E-state index contributed by atoms with van der Waals surface area (Å²) in [5.41, 5.74) is 9.04. The van der Waals surface area contributed by atoms with E-state index in [9.17, 15) is 9.59 Å². The van der Waals surface area contributed by atoms with Crippen LogP contribution in [0.2, 0.25) is 0 Å². The Balaban J connectivity index is 2.13. The molecule has 3 aromatic rings. The van der Waals surface area contributed by atoms with Gasteiger partial charge < -0.3 is 16.4 Å². The average molecular weight is 338 g/mol. The minimum absolute atomic E-state index is 0.163. The smallest absolute Gasteiger partial charge is 0.252 e. The molecule has 0 aliphatic rings. The Labute approximate surface area is 144 Å². The molecule has 2 amide bonds. The lowest BCUT2D eigenvalue weighted by molar-refractivity contribution is -0.114. The molecule has 0 radical (unpaired) electrons. The predicted octanol–water partition coefficient (Wildman–Crippen LogP) is 2.08. The molecular weight excluding hydrogens is 320 g/mol. The van der Waals surface area contributed by atoms with E-state index in [4.69, 9.17) is 5.73 Å². The van der Waals surface area contributed by atoms with E-state index in [1.165, 1.54) is 13.1 Å². The van der Waals surface area contributed by atoms with Crippen LogP contribution in [0.15, 0.2) is 30.5 Å². The van der Waals surface area contributed by atoms with Gasteiger partial charge in [0, 0.05) is 31.5 Å². The number of carbonyl (C=O) groups excluding carboxylic acids is 2. The molecule has 25 heavy (non-hydrogen) atoms. The Morgan fingerprint density at radius 2 is 1.96 bits per heavy atom. The topological polar surface area (TPSA) is 115 Å². The van der Waals surface area contributed by atoms with Crippen LogP contribution in [0, 0.1) is 6.92 Å². The fourth-order valence-electron chi connectivity index (χ4n) is 2.75. The summed E-state index contributed by atoms with van der Waals surface area (Å²) in [5, 5.41) is 11.0. The highest BCUT2D eigenvalue weighted by Crippen LogP contribution is 2.31. The molecule has 0 saturated heterocycles. The van der Waals surface area contributed by atoms with Crippen molar-refractivity contribution >= 4 is 39.9 Å². The molecule has 0 atom stereocenters. The summed E-state index contributed by atoms with van der Waals surface area (Å²) in [4.78, 5) is 27.4. The zero-order valence-electron chi connectivity index (χ0n) is 14.1. The number of nitrogens with two attached hydrogens (primary N) is 1. The molecule has 0 spiro atoms. The van der Waals surface area contributed by atoms with Gasteiger partial charge in [-0.2, -0.15) is 5.10 Å². The van der Waals surface area contributed by atoms with Crippen LogP contribution in [-0.2, 0) is 11.8 Å². The van der Waals surface area contributed by atoms with Crippen LogP contribution < -0.4 is 16.4 Å². The molecule has 8 nitrogen and oxygen atoms in total. The van der Waals surface area contributed by atoms with Gasteiger partial charge in [0.15, 0.2) is 5.65 Å². The van der Waals surface area contributed by atoms with Gasteiger partial charge in [-0.1, -0.05) is 6.07 Å². The summed E-state index contributed by atoms with van der Waals surface area (Å²) < 4.78 is 1.65. The summed E-state index contributed by atoms with van der Waals surface area (Å²) >= 11 is 0. The molecule has 3 rings (SSSR count). The van der Waals surface area contributed by atoms with Gasteiger partial charge in [0.1, 0.15) is 0 Å². The number of rotatable bonds is 4. The number of primary amides is 1. The minimum Gasteiger partial charge on any atom is -0.365 e. The van der Waals surface area contributed by atoms with Gasteiger partial charge >= 0.3 is 0 Å². The van der Waals surface area contributed by atoms with E-state index in [2.05, 4.69) is 20.7 Å². The van der Waals surface area contributed by atoms with Gasteiger partial charge in [-0.15, -0.1) is 0 Å². The summed E-state index contributed by atoms with van der Waals surface area (Å²) in [6, 6.07) is 7.17. The summed E-state index contributed by atoms with van der Waals surface area (Å²) in [6.45, 7) is 3.28. The summed E-state index contributed by atoms with van der Waals surface area (Å²) in [6.07, 6.45) is 1.44. The fourth-order valence-corrected chi connectivity index (χ4v) is 2.75. The largest absolute Gasteiger partial charge is 0.365 e. The second kappa shape index (κ2) is 6.23. The first-order valence-electron chi connectivity index (χ1n) is 7.63. The summed E-state index contributed by atoms with van der Waals surface area (Å²) in [5.74, 6) is -0.748. The van der Waals surface area contributed by atoms with Crippen LogP contribution in [0.25, 0.3) is 11.0 Å². The monoisotopic (exact) mass is 338 g/mol. The van der Waals surface area contributed by atoms with Crippen molar-refractivity contribution in [3.8, 4) is 0 Å². The normalized spacial score (nSPS) is 10.7. The van der Waals surface area contributed by atoms with Crippen molar-refractivity contribution < 1.29 is 9.59 Å². The Bertz CT molecular complexity index is 992. The Morgan fingerprint density at radius 1 is 1.24 bits per heavy atom. The first kappa shape index (κ1) is 16.4. The van der Waals surface area contributed by atoms with Gasteiger partial charge in [0.2, 0.25) is 5.91 Å². The molecule has 1 aromatic carbocycles. The lowest BCUT2D eigenvalue weighted by atomic mass is 10.1. The standard InChI is InChI=1S/C17H18N6O2/c1-9-14-15(13(16(18)25)8-19-17(14)23(3)22-9)21-12-6-4-5-11(7-12)20-10(2)24/h4-8H,1-3H3,(H2,18,25)(H,19,21)(H,20,24). The number of pyridine rings is 1. The molecule has 8 heteroatoms. The molecule has 0 fully saturated rings. The zero-order valence-corrected chi connectivity index (χ0v) is 14.1. The van der Waals surface area contributed by atoms with E-state index in [-0.39, 0.29) is 11.5 Å². The number of hydrogen-bond acceptors (Lipinski definition) is 5. The number of hydrogen-bond donors (Lipinski definition) is 3. The van der Waals surface area contributed by atoms with Crippen molar-refractivity contribution in [2.45, 2.75) is 13.8 Å². The van der Waals surface area contributed by atoms with Crippen LogP contribution >= 0.6 is 0 Å². The molecule has 2 aromatic heterocycles. The molecule has 4 N–H and O–H groups in total. The van der Waals surface area contributed by atoms with Crippen LogP contribution in [-0.4, -0.2) is 26.6 Å². The van der Waals surface area contributed by atoms with Crippen LogP contribution in [0.1, 0.15) is 23.0 Å². The first-order chi connectivity index (χ1) is 11.9. The Morgan fingerprint density at radius 3 is 2.64 bits per heavy atom. The van der Waals surface area contributed by atoms with E-state index >= 15 is 0 Å². The summed E-state index contributed by atoms with van der Waals surface area (Å²) in [7, 11) is 1.79. The molecule has 128 valence electrons. The van der Waals surface area contributed by atoms with Crippen molar-refractivity contribution in [1.82, 2.24) is 14.8 Å². The van der Waals surface area contributed by atoms with Crippen molar-refractivity contribution in [2.75, 3.05) is 10.6 Å². The third-order valence-corrected chi connectivity index (χ3v) is 3.74. The highest BCUT2D eigenvalue weighted by atomic mass is 16.1. The number of fused-ring (bicyclic) bond motifs is 1. The molecule has 0 aliphatic heterocycles. The van der Waals surface area contributed by atoms with Gasteiger partial charge in [-0.3, -0.25) is 14.3 Å². The number of nitrogens with one attached hydrogen (secondary N) is 2. The quantitative estimate of drug-likeness (QED) is 0.674. The lowest BCUT2D eigenvalue weighted by Crippen LogP contribution is -2.14. The SMILES string of the molecule is CC(=O)Nc1cccc(Nc2c(C(N)=O)cnc3c2c(C)nn3C)c1. The Kier molecular flexibility index (Phi) is 4.10. The van der Waals surface area contributed by atoms with E-state index < -0.39 is 5.91 Å². The van der Waals surface area contributed by atoms with E-state index in [1.54, 1.807) is 29.9 Å². The lowest BCUT2D eigenvalue weighted by Gasteiger charge is -2.13. The second-order valence-corrected chi connectivity index (χ2v) is 5.71. The third-order valence-electron chi connectivity index (χ3n) is 3.74. The maximum Gasteiger partial charge on any atom is 0.252 e. The van der Waals surface area contributed by atoms with Gasteiger partial charge in [0.25, 0.3) is 5.91 Å². The van der Waals surface area contributed by atoms with Gasteiger partial charge in [0.05, 0.1) is 22.3 Å². The minimum atomic E-state index is -0.585. The number of aryl methyl sites for hydroxylation is 2. The highest BCUT2D eigenvalue weighted by molar-refractivity contribution is 6.07. The third kappa shape index (κ3) is 3.14. The molecule has 0 bridgehead atoms. The molecular formula is C17H18N6O2. The van der Waals surface area contributed by atoms with Crippen LogP contribution in [0.4, 0.5) is 17.1 Å². The average Bonchev–Trinajstić information content (AvgIpc) is 2.82. The maximum atomic E-state index is 11.8. The predicted molar refractivity (Wildman–Crippen MR) is 95.8 cm³/mol. The number of anilines is 3. The Hall–Kier alpha value is -3.42. The van der Waals surface area contributed by atoms with Crippen molar-refractivity contribution in [3.63, 3.8) is 0 Å². The number of benzene rings is 1. The van der Waals surface area contributed by atoms with E-state index in [0.717, 1.165) is 11.1 Å². The maximum absolute atomic E-state index is 11.8. The van der Waals surface area contributed by atoms with Crippen LogP contribution in [0.3, 0.4) is 0 Å².